The molecule has 1 N–H and O–H groups in total. The van der Waals surface area contributed by atoms with Gasteiger partial charge in [0.25, 0.3) is 0 Å². The Hall–Kier alpha value is -2.52. The summed E-state index contributed by atoms with van der Waals surface area (Å²) < 4.78 is 5.21. The van der Waals surface area contributed by atoms with Crippen LogP contribution in [-0.2, 0) is 4.79 Å². The molecule has 2 aromatic heterocycles. The number of nitrogens with one attached hydrogen (secondary N) is 1. The van der Waals surface area contributed by atoms with Gasteiger partial charge in [-0.1, -0.05) is 35.2 Å². The third-order valence-electron chi connectivity index (χ3n) is 3.13. The SMILES string of the molecule is COc1cccc(-c2ccc(SCC(=O)Nc3nnc(C)s3)nn2)c1. The van der Waals surface area contributed by atoms with Crippen molar-refractivity contribution in [1.82, 2.24) is 20.4 Å². The number of aromatic nitrogens is 4. The maximum atomic E-state index is 11.9. The number of ether oxygens (including phenoxy) is 1. The summed E-state index contributed by atoms with van der Waals surface area (Å²) in [5.74, 6) is 0.840. The van der Waals surface area contributed by atoms with Crippen LogP contribution < -0.4 is 10.1 Å². The number of anilines is 1. The van der Waals surface area contributed by atoms with Crippen LogP contribution in [0, 0.1) is 6.92 Å². The number of benzene rings is 1. The van der Waals surface area contributed by atoms with Gasteiger partial charge in [0.05, 0.1) is 18.6 Å². The smallest absolute Gasteiger partial charge is 0.236 e. The quantitative estimate of drug-likeness (QED) is 0.664. The Bertz CT molecular complexity index is 867. The minimum absolute atomic E-state index is 0.153. The number of rotatable bonds is 6. The average molecular weight is 373 g/mol. The highest BCUT2D eigenvalue weighted by molar-refractivity contribution is 7.99. The number of carbonyl (C=O) groups is 1. The number of carbonyl (C=O) groups excluding carboxylic acids is 1. The molecule has 0 saturated carbocycles. The monoisotopic (exact) mass is 373 g/mol. The minimum atomic E-state index is -0.153. The molecule has 3 rings (SSSR count). The van der Waals surface area contributed by atoms with Crippen LogP contribution >= 0.6 is 23.1 Å². The van der Waals surface area contributed by atoms with E-state index in [0.717, 1.165) is 22.0 Å². The van der Waals surface area contributed by atoms with Crippen molar-refractivity contribution in [2.75, 3.05) is 18.2 Å². The van der Waals surface area contributed by atoms with Crippen LogP contribution in [0.1, 0.15) is 5.01 Å². The summed E-state index contributed by atoms with van der Waals surface area (Å²) in [6, 6.07) is 11.3. The normalized spacial score (nSPS) is 10.5. The summed E-state index contributed by atoms with van der Waals surface area (Å²) in [6.07, 6.45) is 0. The fourth-order valence-electron chi connectivity index (χ4n) is 1.98. The van der Waals surface area contributed by atoms with Crippen LogP contribution in [0.15, 0.2) is 41.4 Å². The van der Waals surface area contributed by atoms with Crippen molar-refractivity contribution in [1.29, 1.82) is 0 Å². The van der Waals surface area contributed by atoms with E-state index < -0.39 is 0 Å². The summed E-state index contributed by atoms with van der Waals surface area (Å²) >= 11 is 2.65. The first kappa shape index (κ1) is 17.3. The van der Waals surface area contributed by atoms with Crippen LogP contribution in [-0.4, -0.2) is 39.2 Å². The Morgan fingerprint density at radius 3 is 2.76 bits per heavy atom. The van der Waals surface area contributed by atoms with Crippen molar-refractivity contribution in [2.24, 2.45) is 0 Å². The highest BCUT2D eigenvalue weighted by Gasteiger charge is 2.09. The van der Waals surface area contributed by atoms with Gasteiger partial charge in [-0.3, -0.25) is 10.1 Å². The van der Waals surface area contributed by atoms with Gasteiger partial charge in [0.2, 0.25) is 11.0 Å². The molecule has 0 aliphatic carbocycles. The third-order valence-corrected chi connectivity index (χ3v) is 4.80. The molecule has 0 unspecified atom stereocenters. The Kier molecular flexibility index (Phi) is 5.56. The fourth-order valence-corrected chi connectivity index (χ4v) is 3.20. The maximum Gasteiger partial charge on any atom is 0.236 e. The van der Waals surface area contributed by atoms with Crippen LogP contribution in [0.2, 0.25) is 0 Å². The van der Waals surface area contributed by atoms with E-state index in [0.29, 0.717) is 10.2 Å². The first-order valence-corrected chi connectivity index (χ1v) is 9.15. The van der Waals surface area contributed by atoms with E-state index in [9.17, 15) is 4.79 Å². The summed E-state index contributed by atoms with van der Waals surface area (Å²) in [6.45, 7) is 1.83. The van der Waals surface area contributed by atoms with Crippen molar-refractivity contribution in [3.05, 3.63) is 41.4 Å². The number of hydrogen-bond donors (Lipinski definition) is 1. The molecule has 0 bridgehead atoms. The second-order valence-electron chi connectivity index (χ2n) is 4.95. The van der Waals surface area contributed by atoms with Crippen LogP contribution in [0.25, 0.3) is 11.3 Å². The van der Waals surface area contributed by atoms with Crippen LogP contribution in [0.4, 0.5) is 5.13 Å². The molecule has 0 radical (unpaired) electrons. The molecule has 3 aromatic rings. The zero-order valence-corrected chi connectivity index (χ0v) is 15.2. The Morgan fingerprint density at radius 2 is 2.08 bits per heavy atom. The first-order valence-electron chi connectivity index (χ1n) is 7.35. The van der Waals surface area contributed by atoms with Gasteiger partial charge in [-0.05, 0) is 31.2 Å². The van der Waals surface area contributed by atoms with Crippen molar-refractivity contribution in [3.8, 4) is 17.0 Å². The van der Waals surface area contributed by atoms with E-state index in [2.05, 4.69) is 25.7 Å². The van der Waals surface area contributed by atoms with Gasteiger partial charge >= 0.3 is 0 Å². The lowest BCUT2D eigenvalue weighted by Crippen LogP contribution is -2.14. The van der Waals surface area contributed by atoms with Crippen molar-refractivity contribution in [3.63, 3.8) is 0 Å². The number of hydrogen-bond acceptors (Lipinski definition) is 8. The predicted octanol–water partition coefficient (Wildman–Crippen LogP) is 3.04. The largest absolute Gasteiger partial charge is 0.497 e. The molecule has 0 aliphatic rings. The number of nitrogens with zero attached hydrogens (tertiary/aromatic N) is 4. The van der Waals surface area contributed by atoms with E-state index >= 15 is 0 Å². The Balaban J connectivity index is 1.58. The van der Waals surface area contributed by atoms with E-state index in [1.54, 1.807) is 7.11 Å². The summed E-state index contributed by atoms with van der Waals surface area (Å²) in [7, 11) is 1.62. The predicted molar refractivity (Wildman–Crippen MR) is 98.0 cm³/mol. The number of methoxy groups -OCH3 is 1. The van der Waals surface area contributed by atoms with E-state index in [-0.39, 0.29) is 11.7 Å². The zero-order valence-electron chi connectivity index (χ0n) is 13.6. The molecular formula is C16H15N5O2S2. The summed E-state index contributed by atoms with van der Waals surface area (Å²) in [4.78, 5) is 11.9. The van der Waals surface area contributed by atoms with Gasteiger partial charge in [0, 0.05) is 5.56 Å². The van der Waals surface area contributed by atoms with Gasteiger partial charge in [0.15, 0.2) is 0 Å². The molecule has 9 heteroatoms. The molecule has 0 saturated heterocycles. The average Bonchev–Trinajstić information content (AvgIpc) is 3.05. The van der Waals surface area contributed by atoms with E-state index in [4.69, 9.17) is 4.74 Å². The Labute approximate surface area is 152 Å². The topological polar surface area (TPSA) is 89.9 Å². The standard InChI is InChI=1S/C16H15N5O2S2/c1-10-18-21-16(25-10)17-14(22)9-24-15-7-6-13(19-20-15)11-4-3-5-12(8-11)23-2/h3-8H,9H2,1-2H3,(H,17,21,22). The molecule has 7 nitrogen and oxygen atoms in total. The minimum Gasteiger partial charge on any atom is -0.497 e. The van der Waals surface area contributed by atoms with Crippen LogP contribution in [0.5, 0.6) is 5.75 Å². The van der Waals surface area contributed by atoms with Crippen molar-refractivity contribution in [2.45, 2.75) is 11.9 Å². The molecule has 2 heterocycles. The number of aryl methyl sites for hydroxylation is 1. The fraction of sp³-hybridized carbons (Fsp3) is 0.188. The van der Waals surface area contributed by atoms with Crippen molar-refractivity contribution >= 4 is 34.1 Å². The maximum absolute atomic E-state index is 11.9. The van der Waals surface area contributed by atoms with Gasteiger partial charge < -0.3 is 4.74 Å². The van der Waals surface area contributed by atoms with Gasteiger partial charge in [-0.25, -0.2) is 0 Å². The zero-order chi connectivity index (χ0) is 17.6. The third kappa shape index (κ3) is 4.74. The van der Waals surface area contributed by atoms with Crippen molar-refractivity contribution < 1.29 is 9.53 Å². The second kappa shape index (κ2) is 8.04. The number of amides is 1. The highest BCUT2D eigenvalue weighted by Crippen LogP contribution is 2.23. The molecular weight excluding hydrogens is 358 g/mol. The second-order valence-corrected chi connectivity index (χ2v) is 7.13. The lowest BCUT2D eigenvalue weighted by Gasteiger charge is -2.04. The van der Waals surface area contributed by atoms with Gasteiger partial charge in [-0.2, -0.15) is 0 Å². The molecule has 128 valence electrons. The lowest BCUT2D eigenvalue weighted by molar-refractivity contribution is -0.113. The van der Waals surface area contributed by atoms with E-state index in [1.807, 2.05) is 43.3 Å². The van der Waals surface area contributed by atoms with Gasteiger partial charge in [0.1, 0.15) is 15.8 Å². The Morgan fingerprint density at radius 1 is 1.20 bits per heavy atom. The summed E-state index contributed by atoms with van der Waals surface area (Å²) in [5, 5.41) is 20.8. The molecule has 0 fully saturated rings. The molecule has 0 aliphatic heterocycles. The first-order chi connectivity index (χ1) is 12.1. The van der Waals surface area contributed by atoms with Gasteiger partial charge in [-0.15, -0.1) is 20.4 Å². The molecule has 0 spiro atoms. The molecule has 1 amide bonds. The molecule has 0 atom stereocenters. The molecule has 25 heavy (non-hydrogen) atoms. The lowest BCUT2D eigenvalue weighted by atomic mass is 10.1. The van der Waals surface area contributed by atoms with E-state index in [1.165, 1.54) is 23.1 Å². The highest BCUT2D eigenvalue weighted by atomic mass is 32.2. The molecule has 1 aromatic carbocycles. The summed E-state index contributed by atoms with van der Waals surface area (Å²) in [5.41, 5.74) is 1.67. The van der Waals surface area contributed by atoms with Crippen LogP contribution in [0.3, 0.4) is 0 Å². The number of thioether (sulfide) groups is 1.